The van der Waals surface area contributed by atoms with Crippen molar-refractivity contribution in [1.29, 1.82) is 0 Å². The maximum absolute atomic E-state index is 13.6. The number of carbonyl (C=O) groups is 2. The molecule has 1 aliphatic heterocycles. The first kappa shape index (κ1) is 22.2. The second kappa shape index (κ2) is 8.76. The summed E-state index contributed by atoms with van der Waals surface area (Å²) in [6, 6.07) is 5.89. The molecule has 1 aromatic carbocycles. The third kappa shape index (κ3) is 3.87. The largest absolute Gasteiger partial charge is 0.356 e. The van der Waals surface area contributed by atoms with Gasteiger partial charge in [-0.1, -0.05) is 12.2 Å². The molecule has 3 fully saturated rings. The Morgan fingerprint density at radius 3 is 2.56 bits per heavy atom. The van der Waals surface area contributed by atoms with Gasteiger partial charge in [0.05, 0.1) is 27.1 Å². The number of likely N-dealkylation sites (tertiary alicyclic amines) is 1. The highest BCUT2D eigenvalue weighted by Gasteiger charge is 2.69. The van der Waals surface area contributed by atoms with E-state index in [2.05, 4.69) is 32.7 Å². The number of hydrogen-bond acceptors (Lipinski definition) is 5. The number of aromatic nitrogens is 1. The lowest BCUT2D eigenvalue weighted by Gasteiger charge is -2.26. The molecule has 34 heavy (non-hydrogen) atoms. The van der Waals surface area contributed by atoms with E-state index < -0.39 is 0 Å². The molecule has 0 unspecified atom stereocenters. The van der Waals surface area contributed by atoms with E-state index >= 15 is 0 Å². The van der Waals surface area contributed by atoms with Crippen LogP contribution in [0, 0.1) is 36.0 Å². The third-order valence-electron chi connectivity index (χ3n) is 8.61. The van der Waals surface area contributed by atoms with Crippen molar-refractivity contribution in [2.45, 2.75) is 45.4 Å². The molecule has 1 spiro atoms. The molecule has 2 N–H and O–H groups in total. The van der Waals surface area contributed by atoms with E-state index in [1.165, 1.54) is 25.9 Å². The number of nitrogens with zero attached hydrogens (tertiary/aromatic N) is 2. The van der Waals surface area contributed by atoms with Crippen LogP contribution in [0.3, 0.4) is 0 Å². The Bertz CT molecular complexity index is 1130. The number of amides is 2. The Balaban J connectivity index is 1.11. The zero-order valence-electron chi connectivity index (χ0n) is 19.9. The quantitative estimate of drug-likeness (QED) is 0.437. The maximum Gasteiger partial charge on any atom is 0.228 e. The highest BCUT2D eigenvalue weighted by molar-refractivity contribution is 7.18. The first-order valence-corrected chi connectivity index (χ1v) is 13.7. The van der Waals surface area contributed by atoms with Crippen LogP contribution in [0.15, 0.2) is 30.4 Å². The Labute approximate surface area is 205 Å². The van der Waals surface area contributed by atoms with Gasteiger partial charge in [0, 0.05) is 12.2 Å². The first-order chi connectivity index (χ1) is 16.5. The summed E-state index contributed by atoms with van der Waals surface area (Å²) in [6.45, 7) is 6.27. The van der Waals surface area contributed by atoms with Gasteiger partial charge >= 0.3 is 0 Å². The predicted octanol–water partition coefficient (Wildman–Crippen LogP) is 4.36. The number of anilines is 1. The summed E-state index contributed by atoms with van der Waals surface area (Å²) in [4.78, 5) is 34.0. The SMILES string of the molecule is Cc1nc2ccc(NC(=O)[C@H]3[C@H](C(=O)NCCCCN4CCCC4)[C@H]4C=C[C@@H]3C43CC3)cc2s1. The number of allylic oxidation sites excluding steroid dienone is 2. The normalized spacial score (nSPS) is 28.7. The van der Waals surface area contributed by atoms with Crippen molar-refractivity contribution in [2.75, 3.05) is 31.5 Å². The molecule has 2 saturated carbocycles. The molecule has 2 heterocycles. The summed E-state index contributed by atoms with van der Waals surface area (Å²) in [7, 11) is 0. The minimum Gasteiger partial charge on any atom is -0.356 e. The summed E-state index contributed by atoms with van der Waals surface area (Å²) in [5.41, 5.74) is 1.90. The standard InChI is InChI=1S/C27H34N4O2S/c1-17-29-21-9-6-18(16-22(21)34-17)30-26(33)24-20-8-7-19(27(20)10-11-27)23(24)25(32)28-12-2-3-13-31-14-4-5-15-31/h6-9,16,19-20,23-24H,2-5,10-15H2,1H3,(H,28,32)(H,30,33)/t19-,20+,23-,24-/m1/s1. The molecule has 1 aromatic heterocycles. The van der Waals surface area contributed by atoms with Crippen LogP contribution in [0.2, 0.25) is 0 Å². The van der Waals surface area contributed by atoms with Gasteiger partial charge in [-0.05, 0) is 101 Å². The van der Waals surface area contributed by atoms with Crippen molar-refractivity contribution < 1.29 is 9.59 Å². The van der Waals surface area contributed by atoms with Gasteiger partial charge in [-0.3, -0.25) is 9.59 Å². The number of nitrogens with one attached hydrogen (secondary N) is 2. The average Bonchev–Trinajstić information content (AvgIpc) is 3.10. The molecule has 0 radical (unpaired) electrons. The molecule has 4 aliphatic rings. The number of thiazole rings is 1. The van der Waals surface area contributed by atoms with E-state index in [-0.39, 0.29) is 40.9 Å². The second-order valence-electron chi connectivity index (χ2n) is 10.7. The fourth-order valence-electron chi connectivity index (χ4n) is 6.85. The molecule has 180 valence electrons. The lowest BCUT2D eigenvalue weighted by molar-refractivity contribution is -0.132. The number of unbranched alkanes of at least 4 members (excludes halogenated alkanes) is 1. The highest BCUT2D eigenvalue weighted by atomic mass is 32.1. The van der Waals surface area contributed by atoms with Gasteiger partial charge in [-0.2, -0.15) is 0 Å². The van der Waals surface area contributed by atoms with Gasteiger partial charge in [-0.15, -0.1) is 11.3 Å². The molecule has 2 bridgehead atoms. The van der Waals surface area contributed by atoms with E-state index in [0.29, 0.717) is 6.54 Å². The summed E-state index contributed by atoms with van der Waals surface area (Å²) < 4.78 is 1.07. The summed E-state index contributed by atoms with van der Waals surface area (Å²) in [6.07, 6.45) is 11.5. The zero-order valence-corrected chi connectivity index (χ0v) is 20.7. The van der Waals surface area contributed by atoms with Gasteiger partial charge < -0.3 is 15.5 Å². The van der Waals surface area contributed by atoms with Crippen LogP contribution < -0.4 is 10.6 Å². The topological polar surface area (TPSA) is 74.3 Å². The van der Waals surface area contributed by atoms with Gasteiger partial charge in [0.15, 0.2) is 0 Å². The van der Waals surface area contributed by atoms with Crippen molar-refractivity contribution in [3.8, 4) is 0 Å². The Morgan fingerprint density at radius 1 is 1.09 bits per heavy atom. The van der Waals surface area contributed by atoms with Crippen LogP contribution in [0.4, 0.5) is 5.69 Å². The number of aryl methyl sites for hydroxylation is 1. The first-order valence-electron chi connectivity index (χ1n) is 12.9. The summed E-state index contributed by atoms with van der Waals surface area (Å²) in [5, 5.41) is 7.36. The van der Waals surface area contributed by atoms with E-state index in [0.717, 1.165) is 53.1 Å². The minimum atomic E-state index is -0.291. The zero-order chi connectivity index (χ0) is 23.3. The fourth-order valence-corrected chi connectivity index (χ4v) is 7.72. The Hall–Kier alpha value is -2.25. The molecule has 6 nitrogen and oxygen atoms in total. The Morgan fingerprint density at radius 2 is 1.82 bits per heavy atom. The summed E-state index contributed by atoms with van der Waals surface area (Å²) >= 11 is 1.63. The van der Waals surface area contributed by atoms with Crippen LogP contribution in [0.25, 0.3) is 10.2 Å². The monoisotopic (exact) mass is 478 g/mol. The molecular weight excluding hydrogens is 444 g/mol. The third-order valence-corrected chi connectivity index (χ3v) is 9.54. The molecule has 6 rings (SSSR count). The number of rotatable bonds is 8. The van der Waals surface area contributed by atoms with Gasteiger partial charge in [0.25, 0.3) is 0 Å². The number of benzene rings is 1. The molecule has 4 atom stereocenters. The molecule has 1 saturated heterocycles. The molecule has 2 amide bonds. The second-order valence-corrected chi connectivity index (χ2v) is 11.9. The lowest BCUT2D eigenvalue weighted by atomic mass is 9.81. The van der Waals surface area contributed by atoms with Crippen LogP contribution in [0.1, 0.15) is 43.5 Å². The van der Waals surface area contributed by atoms with E-state index in [9.17, 15) is 9.59 Å². The fraction of sp³-hybridized carbons (Fsp3) is 0.593. The molecule has 2 aromatic rings. The van der Waals surface area contributed by atoms with Crippen LogP contribution in [-0.2, 0) is 9.59 Å². The van der Waals surface area contributed by atoms with Gasteiger partial charge in [0.2, 0.25) is 11.8 Å². The van der Waals surface area contributed by atoms with Crippen molar-refractivity contribution in [1.82, 2.24) is 15.2 Å². The lowest BCUT2D eigenvalue weighted by Crippen LogP contribution is -2.42. The van der Waals surface area contributed by atoms with Crippen molar-refractivity contribution in [2.24, 2.45) is 29.1 Å². The minimum absolute atomic E-state index is 0.0158. The van der Waals surface area contributed by atoms with E-state index in [4.69, 9.17) is 0 Å². The number of hydrogen-bond donors (Lipinski definition) is 2. The highest BCUT2D eigenvalue weighted by Crippen LogP contribution is 2.72. The molecule has 3 aliphatic carbocycles. The van der Waals surface area contributed by atoms with E-state index in [1.807, 2.05) is 25.1 Å². The van der Waals surface area contributed by atoms with Crippen molar-refractivity contribution >= 4 is 39.1 Å². The predicted molar refractivity (Wildman–Crippen MR) is 136 cm³/mol. The van der Waals surface area contributed by atoms with Gasteiger partial charge in [0.1, 0.15) is 0 Å². The number of fused-ring (bicyclic) bond motifs is 1. The molecular formula is C27H34N4O2S. The van der Waals surface area contributed by atoms with Crippen LogP contribution in [-0.4, -0.2) is 47.9 Å². The van der Waals surface area contributed by atoms with E-state index in [1.54, 1.807) is 11.3 Å². The van der Waals surface area contributed by atoms with Crippen LogP contribution in [0.5, 0.6) is 0 Å². The van der Waals surface area contributed by atoms with Crippen molar-refractivity contribution in [3.05, 3.63) is 35.4 Å². The maximum atomic E-state index is 13.6. The Kier molecular flexibility index (Phi) is 5.72. The van der Waals surface area contributed by atoms with Crippen molar-refractivity contribution in [3.63, 3.8) is 0 Å². The number of carbonyl (C=O) groups excluding carboxylic acids is 2. The average molecular weight is 479 g/mol. The van der Waals surface area contributed by atoms with Gasteiger partial charge in [-0.25, -0.2) is 4.98 Å². The summed E-state index contributed by atoms with van der Waals surface area (Å²) in [5.74, 6) is -0.121. The smallest absolute Gasteiger partial charge is 0.228 e. The van der Waals surface area contributed by atoms with Crippen LogP contribution >= 0.6 is 11.3 Å². The molecule has 7 heteroatoms.